The quantitative estimate of drug-likeness (QED) is 0.562. The maximum Gasteiger partial charge on any atom is 0.307 e. The van der Waals surface area contributed by atoms with Gasteiger partial charge >= 0.3 is 5.97 Å². The van der Waals surface area contributed by atoms with E-state index in [9.17, 15) is 4.79 Å². The Morgan fingerprint density at radius 2 is 2.44 bits per heavy atom. The monoisotopic (exact) mass is 130 g/mol. The lowest BCUT2D eigenvalue weighted by Gasteiger charge is -1.98. The van der Waals surface area contributed by atoms with Gasteiger partial charge in [0.2, 0.25) is 0 Å². The normalized spacial score (nSPS) is 9.11. The van der Waals surface area contributed by atoms with E-state index in [0.29, 0.717) is 6.61 Å². The Morgan fingerprint density at radius 3 is 2.89 bits per heavy atom. The number of rotatable bonds is 4. The summed E-state index contributed by atoms with van der Waals surface area (Å²) in [6.07, 6.45) is 1.07. The van der Waals surface area contributed by atoms with Crippen molar-refractivity contribution in [1.82, 2.24) is 0 Å². The SMILES string of the molecule is CCCOC(=O)C[CH]N. The Labute approximate surface area is 55.2 Å². The zero-order chi connectivity index (χ0) is 7.11. The minimum atomic E-state index is -0.251. The summed E-state index contributed by atoms with van der Waals surface area (Å²) in [6, 6.07) is 0. The molecule has 0 fully saturated rings. The van der Waals surface area contributed by atoms with E-state index >= 15 is 0 Å². The average Bonchev–Trinajstić information content (AvgIpc) is 1.85. The smallest absolute Gasteiger partial charge is 0.307 e. The molecular formula is C6H12NO2. The van der Waals surface area contributed by atoms with Crippen molar-refractivity contribution in [2.24, 2.45) is 5.73 Å². The molecule has 0 aromatic carbocycles. The highest BCUT2D eigenvalue weighted by molar-refractivity contribution is 5.70. The first-order valence-corrected chi connectivity index (χ1v) is 3.00. The molecule has 1 radical (unpaired) electrons. The lowest BCUT2D eigenvalue weighted by atomic mass is 10.4. The Bertz CT molecular complexity index is 83.1. The van der Waals surface area contributed by atoms with Crippen LogP contribution in [0.4, 0.5) is 0 Å². The maximum absolute atomic E-state index is 10.5. The highest BCUT2D eigenvalue weighted by Gasteiger charge is 1.97. The number of nitrogens with two attached hydrogens (primary N) is 1. The molecule has 0 aliphatic heterocycles. The largest absolute Gasteiger partial charge is 0.466 e. The molecular weight excluding hydrogens is 118 g/mol. The van der Waals surface area contributed by atoms with Gasteiger partial charge in [0.25, 0.3) is 0 Å². The van der Waals surface area contributed by atoms with Crippen molar-refractivity contribution in [3.8, 4) is 0 Å². The molecule has 2 N–H and O–H groups in total. The number of hydrogen-bond acceptors (Lipinski definition) is 3. The molecule has 0 unspecified atom stereocenters. The zero-order valence-electron chi connectivity index (χ0n) is 5.59. The first-order chi connectivity index (χ1) is 4.31. The van der Waals surface area contributed by atoms with Gasteiger partial charge < -0.3 is 10.5 Å². The van der Waals surface area contributed by atoms with Crippen LogP contribution >= 0.6 is 0 Å². The van der Waals surface area contributed by atoms with Crippen molar-refractivity contribution in [2.75, 3.05) is 6.61 Å². The molecule has 0 aromatic rings. The minimum Gasteiger partial charge on any atom is -0.466 e. The van der Waals surface area contributed by atoms with E-state index in [1.807, 2.05) is 6.92 Å². The summed E-state index contributed by atoms with van der Waals surface area (Å²) in [5, 5.41) is 0. The average molecular weight is 130 g/mol. The molecule has 3 heteroatoms. The van der Waals surface area contributed by atoms with Gasteiger partial charge in [-0.15, -0.1) is 0 Å². The Balaban J connectivity index is 3.06. The second-order valence-corrected chi connectivity index (χ2v) is 1.66. The van der Waals surface area contributed by atoms with Gasteiger partial charge in [0, 0.05) is 6.54 Å². The molecule has 0 bridgehead atoms. The van der Waals surface area contributed by atoms with E-state index in [-0.39, 0.29) is 12.4 Å². The van der Waals surface area contributed by atoms with E-state index in [2.05, 4.69) is 4.74 Å². The van der Waals surface area contributed by atoms with Crippen LogP contribution < -0.4 is 5.73 Å². The van der Waals surface area contributed by atoms with Gasteiger partial charge in [-0.25, -0.2) is 0 Å². The van der Waals surface area contributed by atoms with Crippen molar-refractivity contribution in [3.05, 3.63) is 6.54 Å². The van der Waals surface area contributed by atoms with Gasteiger partial charge in [0.15, 0.2) is 0 Å². The van der Waals surface area contributed by atoms with Crippen LogP contribution in [0.2, 0.25) is 0 Å². The number of ether oxygens (including phenoxy) is 1. The Morgan fingerprint density at radius 1 is 1.78 bits per heavy atom. The van der Waals surface area contributed by atoms with Gasteiger partial charge in [-0.1, -0.05) is 6.92 Å². The number of hydrogen-bond donors (Lipinski definition) is 1. The number of carbonyl (C=O) groups excluding carboxylic acids is 1. The highest BCUT2D eigenvalue weighted by atomic mass is 16.5. The van der Waals surface area contributed by atoms with Crippen molar-refractivity contribution < 1.29 is 9.53 Å². The van der Waals surface area contributed by atoms with Gasteiger partial charge in [0.05, 0.1) is 13.0 Å². The van der Waals surface area contributed by atoms with Crippen LogP contribution in [0.1, 0.15) is 19.8 Å². The van der Waals surface area contributed by atoms with Crippen LogP contribution in [0.3, 0.4) is 0 Å². The molecule has 3 nitrogen and oxygen atoms in total. The molecule has 0 rings (SSSR count). The summed E-state index contributed by atoms with van der Waals surface area (Å²) in [5.74, 6) is -0.251. The van der Waals surface area contributed by atoms with Crippen LogP contribution in [-0.2, 0) is 9.53 Å². The lowest BCUT2D eigenvalue weighted by Crippen LogP contribution is -2.07. The summed E-state index contributed by atoms with van der Waals surface area (Å²) in [4.78, 5) is 10.5. The summed E-state index contributed by atoms with van der Waals surface area (Å²) in [5.41, 5.74) is 4.98. The van der Waals surface area contributed by atoms with Crippen molar-refractivity contribution in [3.63, 3.8) is 0 Å². The van der Waals surface area contributed by atoms with E-state index in [4.69, 9.17) is 5.73 Å². The Hall–Kier alpha value is -0.570. The van der Waals surface area contributed by atoms with Crippen LogP contribution in [0.15, 0.2) is 0 Å². The third-order valence-electron chi connectivity index (χ3n) is 0.752. The van der Waals surface area contributed by atoms with Crippen LogP contribution in [0.25, 0.3) is 0 Å². The standard InChI is InChI=1S/C6H12NO2/c1-2-5-9-6(8)3-4-7/h4H,2-3,5,7H2,1H3. The molecule has 9 heavy (non-hydrogen) atoms. The molecule has 0 atom stereocenters. The van der Waals surface area contributed by atoms with Crippen LogP contribution in [0, 0.1) is 6.54 Å². The molecule has 0 saturated heterocycles. The molecule has 0 amide bonds. The molecule has 0 heterocycles. The molecule has 0 aliphatic carbocycles. The molecule has 0 spiro atoms. The van der Waals surface area contributed by atoms with Gasteiger partial charge in [0.1, 0.15) is 0 Å². The minimum absolute atomic E-state index is 0.208. The van der Waals surface area contributed by atoms with E-state index in [1.165, 1.54) is 6.54 Å². The summed E-state index contributed by atoms with van der Waals surface area (Å²) in [7, 11) is 0. The van der Waals surface area contributed by atoms with Gasteiger partial charge in [-0.05, 0) is 6.42 Å². The van der Waals surface area contributed by atoms with Crippen molar-refractivity contribution in [1.29, 1.82) is 0 Å². The fourth-order valence-corrected chi connectivity index (χ4v) is 0.371. The van der Waals surface area contributed by atoms with Gasteiger partial charge in [-0.3, -0.25) is 4.79 Å². The molecule has 0 aromatic heterocycles. The summed E-state index contributed by atoms with van der Waals surface area (Å²) < 4.78 is 4.68. The predicted molar refractivity (Wildman–Crippen MR) is 34.4 cm³/mol. The number of esters is 1. The van der Waals surface area contributed by atoms with E-state index in [1.54, 1.807) is 0 Å². The summed E-state index contributed by atoms with van der Waals surface area (Å²) >= 11 is 0. The third-order valence-corrected chi connectivity index (χ3v) is 0.752. The van der Waals surface area contributed by atoms with E-state index < -0.39 is 0 Å². The first kappa shape index (κ1) is 8.43. The third kappa shape index (κ3) is 5.30. The lowest BCUT2D eigenvalue weighted by molar-refractivity contribution is -0.142. The van der Waals surface area contributed by atoms with Crippen molar-refractivity contribution >= 4 is 5.97 Å². The molecule has 0 aliphatic rings. The maximum atomic E-state index is 10.5. The molecule has 0 saturated carbocycles. The van der Waals surface area contributed by atoms with Crippen molar-refractivity contribution in [2.45, 2.75) is 19.8 Å². The fraction of sp³-hybridized carbons (Fsp3) is 0.667. The summed E-state index contributed by atoms with van der Waals surface area (Å²) in [6.45, 7) is 3.73. The topological polar surface area (TPSA) is 52.3 Å². The zero-order valence-corrected chi connectivity index (χ0v) is 5.59. The van der Waals surface area contributed by atoms with E-state index in [0.717, 1.165) is 6.42 Å². The van der Waals surface area contributed by atoms with Crippen LogP contribution in [-0.4, -0.2) is 12.6 Å². The second kappa shape index (κ2) is 5.56. The first-order valence-electron chi connectivity index (χ1n) is 3.00. The molecule has 53 valence electrons. The fourth-order valence-electron chi connectivity index (χ4n) is 0.371. The Kier molecular flexibility index (Phi) is 5.21. The highest BCUT2D eigenvalue weighted by Crippen LogP contribution is 1.87. The number of carbonyl (C=O) groups is 1. The van der Waals surface area contributed by atoms with Crippen LogP contribution in [0.5, 0.6) is 0 Å². The van der Waals surface area contributed by atoms with Gasteiger partial charge in [-0.2, -0.15) is 0 Å². The second-order valence-electron chi connectivity index (χ2n) is 1.66. The predicted octanol–water partition coefficient (Wildman–Crippen LogP) is 0.450.